The van der Waals surface area contributed by atoms with Crippen molar-refractivity contribution in [1.29, 1.82) is 0 Å². The third-order valence-corrected chi connectivity index (χ3v) is 5.29. The Morgan fingerprint density at radius 3 is 1.45 bits per heavy atom. The first-order valence-corrected chi connectivity index (χ1v) is 9.74. The molecule has 2 aliphatic heterocycles. The lowest BCUT2D eigenvalue weighted by atomic mass is 10.1. The Kier molecular flexibility index (Phi) is 7.97. The minimum Gasteiger partial charge on any atom is -0.463 e. The van der Waals surface area contributed by atoms with Gasteiger partial charge in [0.1, 0.15) is 36.9 Å². The molecule has 0 bridgehead atoms. The Morgan fingerprint density at radius 2 is 1.17 bits per heavy atom. The molecule has 156 valence electrons. The van der Waals surface area contributed by atoms with E-state index in [0.29, 0.717) is 22.2 Å². The minimum absolute atomic E-state index is 0. The molecule has 0 fully saturated rings. The van der Waals surface area contributed by atoms with Gasteiger partial charge >= 0.3 is 0 Å². The van der Waals surface area contributed by atoms with Crippen molar-refractivity contribution in [2.45, 2.75) is 19.5 Å². The second-order valence-electron chi connectivity index (χ2n) is 5.94. The molecule has 6 nitrogen and oxygen atoms in total. The van der Waals surface area contributed by atoms with Gasteiger partial charge in [-0.3, -0.25) is 0 Å². The molecule has 0 amide bonds. The largest absolute Gasteiger partial charge is 0.463 e. The predicted octanol–water partition coefficient (Wildman–Crippen LogP) is 4.58. The summed E-state index contributed by atoms with van der Waals surface area (Å²) in [6, 6.07) is 9.71. The summed E-state index contributed by atoms with van der Waals surface area (Å²) in [5, 5.41) is 0. The van der Waals surface area contributed by atoms with E-state index in [1.54, 1.807) is 24.3 Å². The van der Waals surface area contributed by atoms with Crippen LogP contribution in [0.2, 0.25) is 0 Å². The molecule has 0 spiro atoms. The first-order valence-electron chi connectivity index (χ1n) is 8.15. The summed E-state index contributed by atoms with van der Waals surface area (Å²) < 4.78 is 37.2. The van der Waals surface area contributed by atoms with Crippen LogP contribution in [0.5, 0.6) is 0 Å². The quantitative estimate of drug-likeness (QED) is 0.590. The van der Waals surface area contributed by atoms with E-state index in [4.69, 9.17) is 20.9 Å². The molecule has 0 unspecified atom stereocenters. The van der Waals surface area contributed by atoms with Gasteiger partial charge < -0.3 is 20.9 Å². The standard InChI is InChI=1S/2C9H8BrFN2O.CH4/c2*10-6-2-1-5(3-7(6)11)8-4-14-9(12)13-8;/h2*1-3,8H,4H2,(H2,12,13);1H4/t2*8-;/m10./s1. The minimum atomic E-state index is -0.303. The van der Waals surface area contributed by atoms with E-state index in [2.05, 4.69) is 41.8 Å². The molecule has 0 aliphatic carbocycles. The molecule has 2 aromatic carbocycles. The lowest BCUT2D eigenvalue weighted by molar-refractivity contribution is 0.314. The highest BCUT2D eigenvalue weighted by Crippen LogP contribution is 2.26. The molecule has 0 aromatic heterocycles. The number of nitrogens with two attached hydrogens (primary N) is 2. The van der Waals surface area contributed by atoms with Crippen LogP contribution < -0.4 is 11.5 Å². The van der Waals surface area contributed by atoms with Crippen LogP contribution in [0.25, 0.3) is 0 Å². The number of nitrogens with zero attached hydrogens (tertiary/aromatic N) is 2. The van der Waals surface area contributed by atoms with Crippen LogP contribution in [0.3, 0.4) is 0 Å². The number of benzene rings is 2. The van der Waals surface area contributed by atoms with E-state index in [9.17, 15) is 8.78 Å². The van der Waals surface area contributed by atoms with Gasteiger partial charge in [0, 0.05) is 0 Å². The summed E-state index contributed by atoms with van der Waals surface area (Å²) in [5.41, 5.74) is 12.2. The average molecular weight is 534 g/mol. The average Bonchev–Trinajstić information content (AvgIpc) is 3.29. The molecular weight excluding hydrogens is 514 g/mol. The second kappa shape index (κ2) is 10.0. The lowest BCUT2D eigenvalue weighted by Crippen LogP contribution is -2.10. The number of hydrogen-bond acceptors (Lipinski definition) is 6. The van der Waals surface area contributed by atoms with Crippen LogP contribution in [0.1, 0.15) is 30.6 Å². The van der Waals surface area contributed by atoms with Crippen molar-refractivity contribution < 1.29 is 18.3 Å². The van der Waals surface area contributed by atoms with Crippen LogP contribution in [-0.4, -0.2) is 25.3 Å². The van der Waals surface area contributed by atoms with E-state index >= 15 is 0 Å². The highest BCUT2D eigenvalue weighted by Gasteiger charge is 2.20. The summed E-state index contributed by atoms with van der Waals surface area (Å²) in [7, 11) is 0. The van der Waals surface area contributed by atoms with Crippen LogP contribution in [-0.2, 0) is 9.47 Å². The van der Waals surface area contributed by atoms with Crippen molar-refractivity contribution in [3.63, 3.8) is 0 Å². The summed E-state index contributed by atoms with van der Waals surface area (Å²) in [6.07, 6.45) is 0. The molecule has 2 aliphatic rings. The van der Waals surface area contributed by atoms with Crippen LogP contribution in [0.4, 0.5) is 8.78 Å². The van der Waals surface area contributed by atoms with Gasteiger partial charge in [-0.1, -0.05) is 19.6 Å². The predicted molar refractivity (Wildman–Crippen MR) is 116 cm³/mol. The van der Waals surface area contributed by atoms with E-state index < -0.39 is 0 Å². The molecular formula is C19H20Br2F2N4O2. The van der Waals surface area contributed by atoms with Crippen molar-refractivity contribution in [3.8, 4) is 0 Å². The van der Waals surface area contributed by atoms with E-state index in [1.165, 1.54) is 12.1 Å². The molecule has 4 N–H and O–H groups in total. The van der Waals surface area contributed by atoms with Gasteiger partial charge in [0.15, 0.2) is 0 Å². The zero-order valence-corrected chi connectivity index (χ0v) is 17.6. The number of aliphatic imine (C=N–C) groups is 2. The third-order valence-electron chi connectivity index (χ3n) is 4.00. The Hall–Kier alpha value is -2.20. The lowest BCUT2D eigenvalue weighted by Gasteiger charge is -2.05. The van der Waals surface area contributed by atoms with E-state index in [0.717, 1.165) is 11.1 Å². The van der Waals surface area contributed by atoms with Gasteiger partial charge in [0.2, 0.25) is 0 Å². The van der Waals surface area contributed by atoms with Crippen molar-refractivity contribution in [1.82, 2.24) is 0 Å². The van der Waals surface area contributed by atoms with Crippen molar-refractivity contribution in [3.05, 3.63) is 68.1 Å². The first kappa shape index (κ1) is 23.1. The summed E-state index contributed by atoms with van der Waals surface area (Å²) >= 11 is 6.17. The van der Waals surface area contributed by atoms with Crippen LogP contribution >= 0.6 is 31.9 Å². The molecule has 0 saturated carbocycles. The Morgan fingerprint density at radius 1 is 0.793 bits per heavy atom. The summed E-state index contributed by atoms with van der Waals surface area (Å²) in [6.45, 7) is 0.764. The number of ether oxygens (including phenoxy) is 2. The van der Waals surface area contributed by atoms with Crippen molar-refractivity contribution in [2.24, 2.45) is 21.5 Å². The zero-order valence-electron chi connectivity index (χ0n) is 14.4. The van der Waals surface area contributed by atoms with Gasteiger partial charge in [-0.15, -0.1) is 0 Å². The number of hydrogen-bond donors (Lipinski definition) is 2. The van der Waals surface area contributed by atoms with Gasteiger partial charge in [0.25, 0.3) is 12.0 Å². The maximum absolute atomic E-state index is 13.2. The maximum atomic E-state index is 13.2. The molecule has 0 saturated heterocycles. The van der Waals surface area contributed by atoms with Gasteiger partial charge in [-0.05, 0) is 67.3 Å². The topological polar surface area (TPSA) is 95.2 Å². The normalized spacial score (nSPS) is 19.7. The van der Waals surface area contributed by atoms with Crippen molar-refractivity contribution >= 4 is 43.9 Å². The maximum Gasteiger partial charge on any atom is 0.282 e. The van der Waals surface area contributed by atoms with Gasteiger partial charge in [-0.25, -0.2) is 18.8 Å². The summed E-state index contributed by atoms with van der Waals surface area (Å²) in [5.74, 6) is -0.605. The fourth-order valence-corrected chi connectivity index (χ4v) is 3.06. The molecule has 4 rings (SSSR count). The first-order chi connectivity index (χ1) is 13.3. The van der Waals surface area contributed by atoms with Gasteiger partial charge in [-0.2, -0.15) is 0 Å². The Labute approximate surface area is 184 Å². The molecule has 0 radical (unpaired) electrons. The summed E-state index contributed by atoms with van der Waals surface area (Å²) in [4.78, 5) is 8.04. The SMILES string of the molecule is C.NC1=N[C@@H](c2ccc(Br)c(F)c2)CO1.NC1=N[C@H](c2ccc(Br)c(F)c2)CO1. The smallest absolute Gasteiger partial charge is 0.282 e. The van der Waals surface area contributed by atoms with Crippen molar-refractivity contribution in [2.75, 3.05) is 13.2 Å². The monoisotopic (exact) mass is 532 g/mol. The Bertz CT molecular complexity index is 865. The molecule has 10 heteroatoms. The second-order valence-corrected chi connectivity index (χ2v) is 7.64. The Balaban J connectivity index is 0.000000200. The molecule has 29 heavy (non-hydrogen) atoms. The highest BCUT2D eigenvalue weighted by atomic mass is 79.9. The molecule has 2 atom stereocenters. The number of amidine groups is 2. The van der Waals surface area contributed by atoms with E-state index in [1.807, 2.05) is 0 Å². The van der Waals surface area contributed by atoms with Crippen LogP contribution in [0, 0.1) is 11.6 Å². The van der Waals surface area contributed by atoms with Gasteiger partial charge in [0.05, 0.1) is 8.95 Å². The fraction of sp³-hybridized carbons (Fsp3) is 0.263. The molecule has 2 heterocycles. The number of halogens is 4. The third kappa shape index (κ3) is 5.89. The fourth-order valence-electron chi connectivity index (χ4n) is 2.57. The van der Waals surface area contributed by atoms with E-state index in [-0.39, 0.29) is 43.2 Å². The molecule has 2 aromatic rings. The number of rotatable bonds is 2. The zero-order chi connectivity index (χ0) is 20.3. The van der Waals surface area contributed by atoms with Crippen LogP contribution in [0.15, 0.2) is 55.3 Å². The highest BCUT2D eigenvalue weighted by molar-refractivity contribution is 9.10.